The normalized spacial score (nSPS) is 18.7. The predicted octanol–water partition coefficient (Wildman–Crippen LogP) is 4.02. The monoisotopic (exact) mass is 620 g/mol. The summed E-state index contributed by atoms with van der Waals surface area (Å²) in [4.78, 5) is 32.5. The van der Waals surface area contributed by atoms with Gasteiger partial charge in [0.2, 0.25) is 5.91 Å². The topological polar surface area (TPSA) is 93.2 Å². The Balaban J connectivity index is 1.59. The van der Waals surface area contributed by atoms with Gasteiger partial charge in [0.05, 0.1) is 6.54 Å². The minimum absolute atomic E-state index is 0.0160. The van der Waals surface area contributed by atoms with Gasteiger partial charge in [-0.05, 0) is 62.6 Å². The van der Waals surface area contributed by atoms with E-state index in [0.717, 1.165) is 55.4 Å². The summed E-state index contributed by atoms with van der Waals surface area (Å²) in [5.41, 5.74) is -0.212. The van der Waals surface area contributed by atoms with Gasteiger partial charge < -0.3 is 23.8 Å². The lowest BCUT2D eigenvalue weighted by molar-refractivity contribution is -0.126. The van der Waals surface area contributed by atoms with Crippen LogP contribution in [0.1, 0.15) is 73.6 Å². The van der Waals surface area contributed by atoms with Gasteiger partial charge >= 0.3 is 6.03 Å². The molecule has 0 aliphatic carbocycles. The number of nitrogens with zero attached hydrogens (tertiary/aromatic N) is 4. The third-order valence-corrected chi connectivity index (χ3v) is 11.2. The molecule has 8 nitrogen and oxygen atoms in total. The quantitative estimate of drug-likeness (QED) is 0.129. The molecule has 2 aliphatic heterocycles. The summed E-state index contributed by atoms with van der Waals surface area (Å²) in [5, 5.41) is 0.816. The van der Waals surface area contributed by atoms with Gasteiger partial charge in [0, 0.05) is 32.6 Å². The van der Waals surface area contributed by atoms with Gasteiger partial charge in [-0.1, -0.05) is 62.3 Å². The van der Waals surface area contributed by atoms with Crippen LogP contribution in [0.2, 0.25) is 0 Å². The van der Waals surface area contributed by atoms with E-state index in [1.165, 1.54) is 4.90 Å². The molecule has 0 bridgehead atoms. The summed E-state index contributed by atoms with van der Waals surface area (Å²) in [5.74, 6) is 2.24. The molecule has 0 N–H and O–H groups in total. The van der Waals surface area contributed by atoms with Crippen molar-refractivity contribution < 1.29 is 18.7 Å². The lowest BCUT2D eigenvalue weighted by Gasteiger charge is -2.31. The average molecular weight is 621 g/mol. The van der Waals surface area contributed by atoms with Crippen molar-refractivity contribution in [3.63, 3.8) is 0 Å². The minimum atomic E-state index is -0.954. The fourth-order valence-corrected chi connectivity index (χ4v) is 8.20. The van der Waals surface area contributed by atoms with Gasteiger partial charge in [-0.3, -0.25) is 9.69 Å². The first kappa shape index (κ1) is 34.5. The number of carbonyl (C=O) groups excluding carboxylic acids is 2. The highest BCUT2D eigenvalue weighted by Crippen LogP contribution is 2.28. The van der Waals surface area contributed by atoms with Crippen molar-refractivity contribution in [2.24, 2.45) is 10.8 Å². The molecule has 0 saturated carbocycles. The zero-order valence-corrected chi connectivity index (χ0v) is 27.9. The molecule has 0 spiro atoms. The van der Waals surface area contributed by atoms with Crippen LogP contribution in [0.15, 0.2) is 0 Å². The Morgan fingerprint density at radius 2 is 1.21 bits per heavy atom. The van der Waals surface area contributed by atoms with Crippen LogP contribution in [0, 0.1) is 10.8 Å². The summed E-state index contributed by atoms with van der Waals surface area (Å²) in [6.07, 6.45) is 4.07. The number of thiocarbonyl (C=S) groups is 2. The third-order valence-electron chi connectivity index (χ3n) is 7.39. The summed E-state index contributed by atoms with van der Waals surface area (Å²) < 4.78 is 25.0. The summed E-state index contributed by atoms with van der Waals surface area (Å²) in [6, 6.07) is -0.209. The first-order chi connectivity index (χ1) is 18.2. The van der Waals surface area contributed by atoms with Gasteiger partial charge in [-0.15, -0.1) is 0 Å². The Labute approximate surface area is 252 Å². The van der Waals surface area contributed by atoms with Crippen LogP contribution in [0.5, 0.6) is 0 Å². The van der Waals surface area contributed by atoms with Gasteiger partial charge in [0.1, 0.15) is 34.5 Å². The molecule has 3 amide bonds. The van der Waals surface area contributed by atoms with E-state index < -0.39 is 22.4 Å². The van der Waals surface area contributed by atoms with Gasteiger partial charge in [0.25, 0.3) is 0 Å². The molecule has 12 heteroatoms. The second-order valence-corrected chi connectivity index (χ2v) is 16.4. The third kappa shape index (κ3) is 10.9. The van der Waals surface area contributed by atoms with Gasteiger partial charge in [-0.2, -0.15) is 0 Å². The molecule has 2 atom stereocenters. The first-order valence-electron chi connectivity index (χ1n) is 14.1. The van der Waals surface area contributed by atoms with Gasteiger partial charge in [-0.25, -0.2) is 4.79 Å². The van der Waals surface area contributed by atoms with Gasteiger partial charge in [0.15, 0.2) is 5.11 Å². The molecule has 2 aliphatic rings. The van der Waals surface area contributed by atoms with Crippen molar-refractivity contribution >= 4 is 68.8 Å². The molecule has 2 rings (SSSR count). The van der Waals surface area contributed by atoms with Crippen LogP contribution in [0.4, 0.5) is 4.79 Å². The number of hydrogen-bond donors (Lipinski definition) is 0. The number of amides is 3. The standard InChI is InChI=1S/C27H48N4O4S4/c1-7-28-18-22(32)30(24(28)33)20-26(3,4)12-9-14-38(34)16-11-17-39(35)15-10-13-27(5,6)21-31-23(36)19-29(8-2)25(31)37/h7-21H2,1-6H3. The maximum Gasteiger partial charge on any atom is 0.327 e. The fraction of sp³-hybridized carbons (Fsp3) is 0.852. The van der Waals surface area contributed by atoms with Crippen LogP contribution in [-0.2, 0) is 27.1 Å². The Morgan fingerprint density at radius 3 is 1.64 bits per heavy atom. The maximum absolute atomic E-state index is 12.5. The number of rotatable bonds is 18. The molecule has 2 heterocycles. The lowest BCUT2D eigenvalue weighted by atomic mass is 9.87. The molecule has 39 heavy (non-hydrogen) atoms. The largest absolute Gasteiger partial charge is 0.616 e. The number of imide groups is 1. The average Bonchev–Trinajstić information content (AvgIpc) is 3.27. The van der Waals surface area contributed by atoms with E-state index in [2.05, 4.69) is 30.6 Å². The first-order valence-corrected chi connectivity index (χ1v) is 17.9. The Bertz CT molecular complexity index is 805. The molecule has 0 aromatic heterocycles. The van der Waals surface area contributed by atoms with E-state index in [1.54, 1.807) is 4.90 Å². The van der Waals surface area contributed by atoms with Crippen LogP contribution < -0.4 is 0 Å². The highest BCUT2D eigenvalue weighted by atomic mass is 32.2. The zero-order chi connectivity index (χ0) is 29.4. The molecule has 0 aromatic carbocycles. The smallest absolute Gasteiger partial charge is 0.327 e. The fourth-order valence-electron chi connectivity index (χ4n) is 5.02. The van der Waals surface area contributed by atoms with Crippen LogP contribution in [-0.4, -0.2) is 113 Å². The molecule has 2 unspecified atom stereocenters. The van der Waals surface area contributed by atoms with Crippen LogP contribution in [0.25, 0.3) is 0 Å². The molecule has 0 aromatic rings. The van der Waals surface area contributed by atoms with E-state index in [4.69, 9.17) is 24.4 Å². The second kappa shape index (κ2) is 15.5. The number of hydrogen-bond acceptors (Lipinski definition) is 6. The Kier molecular flexibility index (Phi) is 13.8. The molecular formula is C27H48N4O4S4. The summed E-state index contributed by atoms with van der Waals surface area (Å²) in [7, 11) is 0. The van der Waals surface area contributed by atoms with Crippen molar-refractivity contribution in [1.29, 1.82) is 0 Å². The Morgan fingerprint density at radius 1 is 0.744 bits per heavy atom. The second-order valence-electron chi connectivity index (χ2n) is 12.1. The van der Waals surface area contributed by atoms with Crippen molar-refractivity contribution in [2.75, 3.05) is 62.3 Å². The summed E-state index contributed by atoms with van der Waals surface area (Å²) >= 11 is 9.25. The number of likely N-dealkylation sites (N-methyl/N-ethyl adjacent to an activating group) is 2. The van der Waals surface area contributed by atoms with Crippen LogP contribution >= 0.6 is 24.4 Å². The van der Waals surface area contributed by atoms with Crippen molar-refractivity contribution in [2.45, 2.75) is 73.6 Å². The van der Waals surface area contributed by atoms with Crippen molar-refractivity contribution in [3.05, 3.63) is 0 Å². The van der Waals surface area contributed by atoms with E-state index in [0.29, 0.717) is 42.5 Å². The molecule has 2 saturated heterocycles. The van der Waals surface area contributed by atoms with E-state index in [-0.39, 0.29) is 29.3 Å². The van der Waals surface area contributed by atoms with Crippen molar-refractivity contribution in [1.82, 2.24) is 19.6 Å². The van der Waals surface area contributed by atoms with Crippen molar-refractivity contribution in [3.8, 4) is 0 Å². The molecular weight excluding hydrogens is 573 g/mol. The maximum atomic E-state index is 12.5. The molecule has 224 valence electrons. The number of urea groups is 1. The van der Waals surface area contributed by atoms with E-state index in [1.807, 2.05) is 20.8 Å². The number of carbonyl (C=O) groups is 2. The zero-order valence-electron chi connectivity index (χ0n) is 24.7. The SMILES string of the molecule is CCN1CC(=O)N(CC(C)(C)CCC[S+]([O-])CCC[S+]([O-])CCCC(C)(C)CN2C(=S)CN(CC)C2=S)C1=O. The Hall–Kier alpha value is -0.660. The molecule has 2 fully saturated rings. The van der Waals surface area contributed by atoms with Crippen LogP contribution in [0.3, 0.4) is 0 Å². The van der Waals surface area contributed by atoms with E-state index in [9.17, 15) is 18.7 Å². The lowest BCUT2D eigenvalue weighted by Crippen LogP contribution is -2.40. The van der Waals surface area contributed by atoms with E-state index >= 15 is 0 Å². The minimum Gasteiger partial charge on any atom is -0.616 e. The highest BCUT2D eigenvalue weighted by Gasteiger charge is 2.38. The predicted molar refractivity (Wildman–Crippen MR) is 170 cm³/mol. The highest BCUT2D eigenvalue weighted by molar-refractivity contribution is 7.92. The molecule has 0 radical (unpaired) electrons. The summed E-state index contributed by atoms with van der Waals surface area (Å²) in [6.45, 7) is 15.9.